The molecule has 0 bridgehead atoms. The molecule has 4 heterocycles. The first-order valence-electron chi connectivity index (χ1n) is 30.2. The molecule has 426 valence electrons. The van der Waals surface area contributed by atoms with Gasteiger partial charge in [-0.3, -0.25) is 19.2 Å². The number of para-hydroxylation sites is 1. The average molecular weight is 1160 g/mol. The zero-order valence-corrected chi connectivity index (χ0v) is 49.2. The monoisotopic (exact) mass is 1160 g/mol. The molecule has 0 saturated heterocycles. The molecule has 18 rings (SSSR count). The lowest BCUT2D eigenvalue weighted by atomic mass is 9.81. The third kappa shape index (κ3) is 7.54. The topological polar surface area (TPSA) is 121 Å². The molecule has 0 N–H and O–H groups in total. The van der Waals surface area contributed by atoms with E-state index in [0.717, 1.165) is 66.8 Å². The normalized spacial score (nSPS) is 13.7. The highest BCUT2D eigenvalue weighted by molar-refractivity contribution is 6.00. The lowest BCUT2D eigenvalue weighted by Crippen LogP contribution is -2.15. The first kappa shape index (κ1) is 51.7. The summed E-state index contributed by atoms with van der Waals surface area (Å²) in [6.45, 7) is 9.03. The van der Waals surface area contributed by atoms with E-state index in [4.69, 9.17) is 17.7 Å². The molecule has 4 aromatic heterocycles. The van der Waals surface area contributed by atoms with Crippen LogP contribution in [0, 0.1) is 0 Å². The molecule has 16 aromatic rings. The van der Waals surface area contributed by atoms with Crippen LogP contribution in [0.3, 0.4) is 0 Å². The predicted molar refractivity (Wildman–Crippen MR) is 363 cm³/mol. The molecular formula is C82H50O8. The Labute approximate surface area is 512 Å². The van der Waals surface area contributed by atoms with Crippen molar-refractivity contribution in [2.24, 2.45) is 0 Å². The van der Waals surface area contributed by atoms with E-state index in [1.807, 2.05) is 133 Å². The van der Waals surface area contributed by atoms with Gasteiger partial charge < -0.3 is 17.7 Å². The second kappa shape index (κ2) is 18.5. The number of rotatable bonds is 5. The van der Waals surface area contributed by atoms with E-state index in [-0.39, 0.29) is 32.5 Å². The van der Waals surface area contributed by atoms with Gasteiger partial charge in [-0.05, 0) is 215 Å². The lowest BCUT2D eigenvalue weighted by molar-refractivity contribution is 0.659. The molecule has 8 heteroatoms. The summed E-state index contributed by atoms with van der Waals surface area (Å²) < 4.78 is 25.4. The standard InChI is InChI=1S/C82H50O8/c1-81(2)65-11-7-5-9-53(65)57-33-43(15-25-66(57)81)45-17-28-71-61(37-45)79(85)62-39-49(20-30-72(62)88-71)47-21-32-75-60(36-47)78(84)56-24-14-52(42-76(56)90-75)44-16-26-67-58(34-44)54-23-13-51(41-68(54)82(67,3)4)50-22-31-74-64(40-50)80(86)63-38-48(19-29-73(63)89-74)46-18-27-70-59(35-46)77(83)55-10-6-8-12-69(55)87-70/h5-42H,1-4H3. The van der Waals surface area contributed by atoms with E-state index >= 15 is 0 Å². The highest BCUT2D eigenvalue weighted by Gasteiger charge is 2.37. The van der Waals surface area contributed by atoms with Crippen molar-refractivity contribution in [1.29, 1.82) is 0 Å². The van der Waals surface area contributed by atoms with E-state index in [2.05, 4.69) is 107 Å². The van der Waals surface area contributed by atoms with Crippen molar-refractivity contribution in [3.8, 4) is 77.9 Å². The summed E-state index contributed by atoms with van der Waals surface area (Å²) in [4.78, 5) is 56.9. The number of hydrogen-bond acceptors (Lipinski definition) is 8. The van der Waals surface area contributed by atoms with Crippen LogP contribution in [-0.2, 0) is 10.8 Å². The van der Waals surface area contributed by atoms with E-state index in [0.29, 0.717) is 87.8 Å². The third-order valence-corrected chi connectivity index (χ3v) is 19.5. The Morgan fingerprint density at radius 3 is 0.967 bits per heavy atom. The van der Waals surface area contributed by atoms with Crippen LogP contribution >= 0.6 is 0 Å². The van der Waals surface area contributed by atoms with Crippen molar-refractivity contribution in [1.82, 2.24) is 0 Å². The van der Waals surface area contributed by atoms with Crippen LogP contribution in [0.25, 0.3) is 166 Å². The summed E-state index contributed by atoms with van der Waals surface area (Å²) in [5.74, 6) is 0. The molecule has 0 amide bonds. The van der Waals surface area contributed by atoms with E-state index in [9.17, 15) is 19.2 Å². The Balaban J connectivity index is 0.637. The first-order valence-corrected chi connectivity index (χ1v) is 30.2. The quantitative estimate of drug-likeness (QED) is 0.156. The first-order chi connectivity index (χ1) is 43.7. The molecule has 0 fully saturated rings. The molecule has 0 saturated carbocycles. The van der Waals surface area contributed by atoms with E-state index in [1.165, 1.54) is 33.4 Å². The zero-order valence-electron chi connectivity index (χ0n) is 49.2. The van der Waals surface area contributed by atoms with Crippen LogP contribution in [0.15, 0.2) is 267 Å². The summed E-state index contributed by atoms with van der Waals surface area (Å²) in [7, 11) is 0. The minimum absolute atomic E-state index is 0.101. The molecule has 12 aromatic carbocycles. The average Bonchev–Trinajstić information content (AvgIpc) is 1.54. The number of benzene rings is 12. The Morgan fingerprint density at radius 2 is 0.500 bits per heavy atom. The van der Waals surface area contributed by atoms with Crippen LogP contribution < -0.4 is 21.7 Å². The predicted octanol–water partition coefficient (Wildman–Crippen LogP) is 19.7. The fraction of sp³-hybridized carbons (Fsp3) is 0.0732. The van der Waals surface area contributed by atoms with Gasteiger partial charge in [-0.1, -0.05) is 143 Å². The van der Waals surface area contributed by atoms with Crippen LogP contribution in [0.1, 0.15) is 49.9 Å². The van der Waals surface area contributed by atoms with Gasteiger partial charge >= 0.3 is 0 Å². The van der Waals surface area contributed by atoms with Gasteiger partial charge in [0.25, 0.3) is 0 Å². The highest BCUT2D eigenvalue weighted by atomic mass is 16.3. The van der Waals surface area contributed by atoms with Crippen molar-refractivity contribution in [3.05, 3.63) is 294 Å². The van der Waals surface area contributed by atoms with Gasteiger partial charge in [-0.2, -0.15) is 0 Å². The molecule has 2 aliphatic carbocycles. The molecule has 8 nitrogen and oxygen atoms in total. The summed E-state index contributed by atoms with van der Waals surface area (Å²) >= 11 is 0. The number of hydrogen-bond donors (Lipinski definition) is 0. The maximum absolute atomic E-state index is 14.5. The fourth-order valence-electron chi connectivity index (χ4n) is 14.6. The maximum Gasteiger partial charge on any atom is 0.200 e. The summed E-state index contributed by atoms with van der Waals surface area (Å²) in [5.41, 5.74) is 21.6. The van der Waals surface area contributed by atoms with Gasteiger partial charge in [0.1, 0.15) is 44.7 Å². The van der Waals surface area contributed by atoms with Gasteiger partial charge in [-0.15, -0.1) is 0 Å². The van der Waals surface area contributed by atoms with Gasteiger partial charge in [0.2, 0.25) is 21.7 Å². The lowest BCUT2D eigenvalue weighted by Gasteiger charge is -2.22. The Kier molecular flexibility index (Phi) is 10.6. The second-order valence-corrected chi connectivity index (χ2v) is 25.3. The van der Waals surface area contributed by atoms with E-state index in [1.54, 1.807) is 18.2 Å². The highest BCUT2D eigenvalue weighted by Crippen LogP contribution is 2.52. The van der Waals surface area contributed by atoms with Gasteiger partial charge in [0.05, 0.1) is 43.1 Å². The van der Waals surface area contributed by atoms with Crippen molar-refractivity contribution in [3.63, 3.8) is 0 Å². The van der Waals surface area contributed by atoms with Gasteiger partial charge in [-0.25, -0.2) is 0 Å². The minimum Gasteiger partial charge on any atom is -0.456 e. The molecule has 2 aliphatic rings. The Bertz CT molecular complexity index is 6210. The molecule has 90 heavy (non-hydrogen) atoms. The van der Waals surface area contributed by atoms with Crippen LogP contribution in [0.2, 0.25) is 0 Å². The van der Waals surface area contributed by atoms with Crippen LogP contribution in [-0.4, -0.2) is 0 Å². The van der Waals surface area contributed by atoms with Gasteiger partial charge in [0.15, 0.2) is 0 Å². The van der Waals surface area contributed by atoms with Crippen molar-refractivity contribution < 1.29 is 17.7 Å². The largest absolute Gasteiger partial charge is 0.456 e. The molecule has 0 radical (unpaired) electrons. The molecular weight excluding hydrogens is 1110 g/mol. The Hall–Kier alpha value is -11.5. The zero-order chi connectivity index (χ0) is 60.6. The summed E-state index contributed by atoms with van der Waals surface area (Å²) in [6.07, 6.45) is 0. The molecule has 0 spiro atoms. The van der Waals surface area contributed by atoms with Crippen molar-refractivity contribution >= 4 is 87.8 Å². The van der Waals surface area contributed by atoms with E-state index < -0.39 is 0 Å². The minimum atomic E-state index is -0.333. The molecule has 0 unspecified atom stereocenters. The Morgan fingerprint density at radius 1 is 0.211 bits per heavy atom. The SMILES string of the molecule is CC1(C)c2ccccc2-c2cc(-c3ccc4oc5ccc(-c6ccc7oc8cc(-c9ccc%10c(c9)-c9ccc(-c%11ccc%12oc%13ccc(-c%14ccc%15oc%16ccccc%16c(=O)c%15c%14)cc%13c(=O)c%12c%11)cc9C%10(C)C)ccc8c(=O)c7c6)cc5c(=O)c4c3)ccc21. The van der Waals surface area contributed by atoms with Crippen LogP contribution in [0.5, 0.6) is 0 Å². The molecule has 0 aliphatic heterocycles. The second-order valence-electron chi connectivity index (χ2n) is 25.3. The van der Waals surface area contributed by atoms with Crippen molar-refractivity contribution in [2.75, 3.05) is 0 Å². The molecule has 0 atom stereocenters. The third-order valence-electron chi connectivity index (χ3n) is 19.5. The smallest absolute Gasteiger partial charge is 0.200 e. The fourth-order valence-corrected chi connectivity index (χ4v) is 14.6. The summed E-state index contributed by atoms with van der Waals surface area (Å²) in [5, 5.41) is 3.78. The maximum atomic E-state index is 14.5. The van der Waals surface area contributed by atoms with Crippen LogP contribution in [0.4, 0.5) is 0 Å². The number of fused-ring (bicyclic) bond motifs is 14. The van der Waals surface area contributed by atoms with Crippen molar-refractivity contribution in [2.45, 2.75) is 38.5 Å². The summed E-state index contributed by atoms with van der Waals surface area (Å²) in [6, 6.07) is 75.2. The van der Waals surface area contributed by atoms with Gasteiger partial charge in [0, 0.05) is 10.8 Å².